The average molecular weight is 425 g/mol. The predicted octanol–water partition coefficient (Wildman–Crippen LogP) is 4.89. The van der Waals surface area contributed by atoms with Crippen LogP contribution in [0.2, 0.25) is 0 Å². The number of nitrogens with two attached hydrogens (primary N) is 1. The van der Waals surface area contributed by atoms with Crippen molar-refractivity contribution in [3.63, 3.8) is 0 Å². The van der Waals surface area contributed by atoms with Crippen LogP contribution < -0.4 is 11.1 Å². The minimum Gasteiger partial charge on any atom is -0.444 e. The van der Waals surface area contributed by atoms with E-state index in [0.29, 0.717) is 28.1 Å². The summed E-state index contributed by atoms with van der Waals surface area (Å²) in [6, 6.07) is 24.7. The van der Waals surface area contributed by atoms with Gasteiger partial charge in [-0.25, -0.2) is 4.79 Å². The topological polar surface area (TPSA) is 86.4 Å². The molecule has 1 saturated carbocycles. The number of hydrogen-bond acceptors (Lipinski definition) is 4. The number of anilines is 1. The number of carbonyl (C=O) groups excluding carboxylic acids is 2. The van der Waals surface area contributed by atoms with Crippen LogP contribution >= 0.6 is 0 Å². The smallest absolute Gasteiger partial charge is 0.418 e. The molecule has 6 heteroatoms. The van der Waals surface area contributed by atoms with Crippen molar-refractivity contribution in [2.24, 2.45) is 5.73 Å². The fourth-order valence-corrected chi connectivity index (χ4v) is 3.91. The zero-order valence-electron chi connectivity index (χ0n) is 17.4. The Hall–Kier alpha value is -3.90. The van der Waals surface area contributed by atoms with Crippen molar-refractivity contribution < 1.29 is 14.3 Å². The Kier molecular flexibility index (Phi) is 5.21. The van der Waals surface area contributed by atoms with E-state index in [1.54, 1.807) is 6.07 Å². The molecular formula is C26H23N3O3. The molecule has 1 fully saturated rings. The van der Waals surface area contributed by atoms with Crippen LogP contribution in [0.25, 0.3) is 10.9 Å². The maximum absolute atomic E-state index is 13.0. The quantitative estimate of drug-likeness (QED) is 0.477. The number of aromatic nitrogens is 1. The van der Waals surface area contributed by atoms with Crippen LogP contribution in [0.5, 0.6) is 0 Å². The highest BCUT2D eigenvalue weighted by atomic mass is 16.5. The molecule has 0 aliphatic heterocycles. The van der Waals surface area contributed by atoms with Crippen LogP contribution in [-0.4, -0.2) is 22.6 Å². The van der Waals surface area contributed by atoms with E-state index in [9.17, 15) is 9.59 Å². The summed E-state index contributed by atoms with van der Waals surface area (Å²) in [4.78, 5) is 25.8. The zero-order chi connectivity index (χ0) is 22.1. The second-order valence-electron chi connectivity index (χ2n) is 8.05. The van der Waals surface area contributed by atoms with Crippen LogP contribution in [0.15, 0.2) is 85.1 Å². The van der Waals surface area contributed by atoms with Crippen molar-refractivity contribution in [2.45, 2.75) is 25.0 Å². The van der Waals surface area contributed by atoms with Gasteiger partial charge in [0.1, 0.15) is 6.61 Å². The van der Waals surface area contributed by atoms with E-state index >= 15 is 0 Å². The second kappa shape index (κ2) is 8.32. The lowest BCUT2D eigenvalue weighted by Crippen LogP contribution is -2.14. The minimum atomic E-state index is -0.533. The number of nitrogens with zero attached hydrogens (tertiary/aromatic N) is 1. The number of benzene rings is 3. The minimum absolute atomic E-state index is 0.157. The number of ether oxygens (including phenoxy) is 1. The fraction of sp³-hybridized carbons (Fsp3) is 0.154. The first-order valence-corrected chi connectivity index (χ1v) is 10.6. The molecule has 1 amide bonds. The summed E-state index contributed by atoms with van der Waals surface area (Å²) in [5.41, 5.74) is 9.72. The summed E-state index contributed by atoms with van der Waals surface area (Å²) >= 11 is 0. The summed E-state index contributed by atoms with van der Waals surface area (Å²) in [5, 5.41) is 3.61. The maximum Gasteiger partial charge on any atom is 0.418 e. The van der Waals surface area contributed by atoms with Crippen molar-refractivity contribution in [2.75, 3.05) is 5.32 Å². The van der Waals surface area contributed by atoms with Crippen molar-refractivity contribution in [3.05, 3.63) is 102 Å². The van der Waals surface area contributed by atoms with E-state index in [1.165, 1.54) is 16.3 Å². The molecule has 1 aliphatic carbocycles. The lowest BCUT2D eigenvalue weighted by atomic mass is 10.1. The Morgan fingerprint density at radius 2 is 1.66 bits per heavy atom. The van der Waals surface area contributed by atoms with Crippen LogP contribution in [0, 0.1) is 0 Å². The Morgan fingerprint density at radius 1 is 0.969 bits per heavy atom. The highest BCUT2D eigenvalue weighted by Crippen LogP contribution is 2.39. The summed E-state index contributed by atoms with van der Waals surface area (Å²) in [6.07, 6.45) is 2.01. The number of nitrogens with one attached hydrogen (secondary N) is 1. The van der Waals surface area contributed by atoms with Gasteiger partial charge in [-0.3, -0.25) is 9.36 Å². The number of rotatable bonds is 5. The van der Waals surface area contributed by atoms with Crippen molar-refractivity contribution >= 4 is 28.6 Å². The Bertz CT molecular complexity index is 1280. The molecule has 2 atom stereocenters. The molecule has 3 N–H and O–H groups in total. The molecule has 3 aromatic carbocycles. The van der Waals surface area contributed by atoms with Gasteiger partial charge in [0, 0.05) is 29.2 Å². The standard InChI is InChI=1S/C26H23N3O3/c27-23-14-21(23)18-10-12-19(13-11-18)28-25(30)22-15-29(24-9-5-4-8-20(22)24)26(31)32-16-17-6-2-1-3-7-17/h1-13,15,21,23H,14,16,27H2,(H,28,30)/t21-,23+/m0/s1. The Morgan fingerprint density at radius 3 is 2.38 bits per heavy atom. The summed E-state index contributed by atoms with van der Waals surface area (Å²) < 4.78 is 6.85. The van der Waals surface area contributed by atoms with Gasteiger partial charge < -0.3 is 15.8 Å². The third-order valence-electron chi connectivity index (χ3n) is 5.79. The molecule has 32 heavy (non-hydrogen) atoms. The average Bonchev–Trinajstić information content (AvgIpc) is 3.42. The fourth-order valence-electron chi connectivity index (χ4n) is 3.91. The molecule has 1 aliphatic rings. The molecule has 0 bridgehead atoms. The highest BCUT2D eigenvalue weighted by molar-refractivity contribution is 6.14. The molecule has 1 aromatic heterocycles. The van der Waals surface area contributed by atoms with Gasteiger partial charge in [-0.05, 0) is 35.7 Å². The van der Waals surface area contributed by atoms with Gasteiger partial charge in [0.05, 0.1) is 11.1 Å². The summed E-state index contributed by atoms with van der Waals surface area (Å²) in [7, 11) is 0. The van der Waals surface area contributed by atoms with E-state index in [0.717, 1.165) is 12.0 Å². The first-order chi connectivity index (χ1) is 15.6. The van der Waals surface area contributed by atoms with Gasteiger partial charge in [-0.2, -0.15) is 0 Å². The number of amides is 1. The normalized spacial score (nSPS) is 17.2. The lowest BCUT2D eigenvalue weighted by molar-refractivity contribution is 0.102. The largest absolute Gasteiger partial charge is 0.444 e. The molecule has 0 radical (unpaired) electrons. The number of fused-ring (bicyclic) bond motifs is 1. The van der Waals surface area contributed by atoms with E-state index in [-0.39, 0.29) is 18.6 Å². The Labute approximate surface area is 185 Å². The monoisotopic (exact) mass is 425 g/mol. The van der Waals surface area contributed by atoms with Gasteiger partial charge in [-0.15, -0.1) is 0 Å². The maximum atomic E-state index is 13.0. The van der Waals surface area contributed by atoms with E-state index in [2.05, 4.69) is 5.32 Å². The first-order valence-electron chi connectivity index (χ1n) is 10.6. The molecule has 1 heterocycles. The first kappa shape index (κ1) is 20.0. The van der Waals surface area contributed by atoms with E-state index in [1.807, 2.05) is 72.8 Å². The van der Waals surface area contributed by atoms with Crippen LogP contribution in [0.4, 0.5) is 10.5 Å². The van der Waals surface area contributed by atoms with Crippen LogP contribution in [-0.2, 0) is 11.3 Å². The molecule has 4 aromatic rings. The lowest BCUT2D eigenvalue weighted by Gasteiger charge is -2.06. The van der Waals surface area contributed by atoms with Crippen molar-refractivity contribution in [3.8, 4) is 0 Å². The molecule has 0 unspecified atom stereocenters. The van der Waals surface area contributed by atoms with E-state index in [4.69, 9.17) is 10.5 Å². The zero-order valence-corrected chi connectivity index (χ0v) is 17.4. The molecule has 0 spiro atoms. The molecule has 0 saturated heterocycles. The third kappa shape index (κ3) is 4.00. The third-order valence-corrected chi connectivity index (χ3v) is 5.79. The highest BCUT2D eigenvalue weighted by Gasteiger charge is 2.34. The number of para-hydroxylation sites is 1. The predicted molar refractivity (Wildman–Crippen MR) is 124 cm³/mol. The SMILES string of the molecule is N[C@@H]1C[C@H]1c1ccc(NC(=O)c2cn(C(=O)OCc3ccccc3)c3ccccc23)cc1. The second-order valence-corrected chi connectivity index (χ2v) is 8.05. The number of carbonyl (C=O) groups is 2. The Balaban J connectivity index is 1.35. The van der Waals surface area contributed by atoms with Crippen LogP contribution in [0.1, 0.15) is 33.8 Å². The van der Waals surface area contributed by atoms with Gasteiger partial charge >= 0.3 is 6.09 Å². The summed E-state index contributed by atoms with van der Waals surface area (Å²) in [5.74, 6) is 0.131. The van der Waals surface area contributed by atoms with Gasteiger partial charge in [0.15, 0.2) is 0 Å². The molecule has 6 nitrogen and oxygen atoms in total. The number of hydrogen-bond donors (Lipinski definition) is 2. The van der Waals surface area contributed by atoms with Gasteiger partial charge in [0.25, 0.3) is 5.91 Å². The van der Waals surface area contributed by atoms with Gasteiger partial charge in [0.2, 0.25) is 0 Å². The summed E-state index contributed by atoms with van der Waals surface area (Å²) in [6.45, 7) is 0.157. The molecular weight excluding hydrogens is 402 g/mol. The molecule has 160 valence electrons. The van der Waals surface area contributed by atoms with Crippen LogP contribution in [0.3, 0.4) is 0 Å². The molecule has 5 rings (SSSR count). The van der Waals surface area contributed by atoms with Gasteiger partial charge in [-0.1, -0.05) is 60.7 Å². The van der Waals surface area contributed by atoms with Crippen molar-refractivity contribution in [1.29, 1.82) is 0 Å². The van der Waals surface area contributed by atoms with Crippen molar-refractivity contribution in [1.82, 2.24) is 4.57 Å². The van der Waals surface area contributed by atoms with E-state index < -0.39 is 6.09 Å².